The number of carboxylic acids is 2. The Morgan fingerprint density at radius 1 is 0.600 bits per heavy atom. The van der Waals surface area contributed by atoms with E-state index < -0.39 is 205 Å². The molecule has 0 bridgehead atoms. The van der Waals surface area contributed by atoms with Gasteiger partial charge < -0.3 is 111 Å². The lowest BCUT2D eigenvalue weighted by Crippen LogP contribution is -2.64. The zero-order valence-corrected chi connectivity index (χ0v) is 64.1. The SMILES string of the molecule is CC[C@H](C)C1NC(=O)[C@@H](CCCN=C(N)N)NC(=O)[C@H](CC(C)C)NC(=O)[C@H]([C@H](O)C(C)C)NC(=O)[C@@H](NC(=O)[C@H](CC(C)C)NC(=O)[C@@H](CC(C)C)NC(C)C(C)(C)C)[C@@H](c2ccccc2)OC(=O)[C@H](CO)NC(=O)[C@H]([C@H](O)C(N)=O)NC(=O)CNC(=O)[C@H]([C@H](C)O)NC1=O.O=C(O)C(F)(F)F.O=C(O)C(F)(F)F. The van der Waals surface area contributed by atoms with Crippen LogP contribution in [0, 0.1) is 35.0 Å². The van der Waals surface area contributed by atoms with Crippen LogP contribution in [0.5, 0.6) is 0 Å². The van der Waals surface area contributed by atoms with Gasteiger partial charge in [0.1, 0.15) is 48.3 Å². The summed E-state index contributed by atoms with van der Waals surface area (Å²) in [5, 5.41) is 86.5. The number of aliphatic hydroxyl groups excluding tert-OH is 4. The van der Waals surface area contributed by atoms with E-state index >= 15 is 14.4 Å². The van der Waals surface area contributed by atoms with Gasteiger partial charge in [-0.1, -0.05) is 127 Å². The molecule has 23 N–H and O–H groups in total. The summed E-state index contributed by atoms with van der Waals surface area (Å²) in [6.45, 7) is 23.5. The van der Waals surface area contributed by atoms with Crippen molar-refractivity contribution in [3.05, 3.63) is 35.9 Å². The lowest BCUT2D eigenvalue weighted by atomic mass is 9.87. The average molecular weight is 1590 g/mol. The lowest BCUT2D eigenvalue weighted by Gasteiger charge is -2.34. The molecule has 0 radical (unpaired) electrons. The molecule has 0 saturated carbocycles. The van der Waals surface area contributed by atoms with E-state index in [-0.39, 0.29) is 79.4 Å². The monoisotopic (exact) mass is 1590 g/mol. The van der Waals surface area contributed by atoms with Crippen LogP contribution in [0.3, 0.4) is 0 Å². The van der Waals surface area contributed by atoms with E-state index in [0.29, 0.717) is 6.42 Å². The van der Waals surface area contributed by atoms with Gasteiger partial charge in [0.2, 0.25) is 65.0 Å². The van der Waals surface area contributed by atoms with Crippen molar-refractivity contribution in [1.82, 2.24) is 58.5 Å². The minimum absolute atomic E-state index is 0.0168. The van der Waals surface area contributed by atoms with Gasteiger partial charge in [-0.2, -0.15) is 26.3 Å². The molecule has 42 heteroatoms. The molecule has 1 aliphatic rings. The van der Waals surface area contributed by atoms with Gasteiger partial charge in [-0.05, 0) is 86.5 Å². The van der Waals surface area contributed by atoms with E-state index in [2.05, 4.69) is 58.2 Å². The summed E-state index contributed by atoms with van der Waals surface area (Å²) >= 11 is 0. The number of guanidine groups is 1. The Labute approximate surface area is 632 Å². The van der Waals surface area contributed by atoms with Gasteiger partial charge in [0.25, 0.3) is 0 Å². The fourth-order valence-electron chi connectivity index (χ4n) is 9.90. The third-order valence-corrected chi connectivity index (χ3v) is 16.6. The number of nitrogens with zero attached hydrogens (tertiary/aromatic N) is 1. The van der Waals surface area contributed by atoms with Crippen LogP contribution in [-0.4, -0.2) is 236 Å². The molecule has 0 aliphatic carbocycles. The molecule has 36 nitrogen and oxygen atoms in total. The molecule has 11 amide bonds. The fraction of sp³-hybridized carbons (Fsp3) is 0.691. The predicted molar refractivity (Wildman–Crippen MR) is 381 cm³/mol. The number of hydrogen-bond donors (Lipinski definition) is 20. The third-order valence-electron chi connectivity index (χ3n) is 16.6. The molecule has 110 heavy (non-hydrogen) atoms. The average Bonchev–Trinajstić information content (AvgIpc) is 0.810. The van der Waals surface area contributed by atoms with Crippen molar-refractivity contribution in [1.29, 1.82) is 0 Å². The number of carbonyl (C=O) groups excluding carboxylic acids is 12. The van der Waals surface area contributed by atoms with Gasteiger partial charge in [0, 0.05) is 12.6 Å². The molecule has 1 saturated heterocycles. The second-order valence-electron chi connectivity index (χ2n) is 28.9. The van der Waals surface area contributed by atoms with Crippen LogP contribution in [0.1, 0.15) is 154 Å². The molecule has 2 unspecified atom stereocenters. The smallest absolute Gasteiger partial charge is 0.475 e. The predicted octanol–water partition coefficient (Wildman–Crippen LogP) is -2.10. The van der Waals surface area contributed by atoms with Crippen LogP contribution < -0.4 is 75.7 Å². The summed E-state index contributed by atoms with van der Waals surface area (Å²) in [6.07, 6.45) is -18.1. The van der Waals surface area contributed by atoms with Gasteiger partial charge in [0.15, 0.2) is 24.2 Å². The van der Waals surface area contributed by atoms with E-state index in [1.807, 2.05) is 46.9 Å². The van der Waals surface area contributed by atoms with Crippen molar-refractivity contribution in [2.24, 2.45) is 57.2 Å². The van der Waals surface area contributed by atoms with Crippen molar-refractivity contribution >= 4 is 88.8 Å². The number of halogens is 6. The van der Waals surface area contributed by atoms with Crippen LogP contribution in [0.15, 0.2) is 35.3 Å². The summed E-state index contributed by atoms with van der Waals surface area (Å²) in [5.74, 6) is -22.4. The van der Waals surface area contributed by atoms with Gasteiger partial charge >= 0.3 is 30.3 Å². The van der Waals surface area contributed by atoms with Crippen LogP contribution in [-0.2, 0) is 71.9 Å². The molecule has 16 atom stereocenters. The van der Waals surface area contributed by atoms with E-state index in [4.69, 9.17) is 41.7 Å². The molecule has 0 spiro atoms. The first-order valence-corrected chi connectivity index (χ1v) is 35.2. The number of carbonyl (C=O) groups is 14. The second-order valence-corrected chi connectivity index (χ2v) is 28.9. The Morgan fingerprint density at radius 2 is 1.07 bits per heavy atom. The standard InChI is InChI=1S/C64H109N15O17.2C2HF3O2/c1-16-34(10)44-58(91)77-45(35(11)81)57(90)69-28-43(82)75-47(50(84)52(65)85)60(93)74-42(29-80)62(95)96-51(37-21-18-17-19-22-37)48(79-56(89)41(27-32(6)7)72-54(87)39(25-30(2)3)70-36(12)64(13,14)15)61(94)78-46(49(83)33(8)9)59(92)73-40(26-31(4)5)55(88)71-38(53(86)76-44)23-20-24-68-63(66)67;2*3-2(4,5)1(6)7/h17-19,21-22,30-36,38-42,44-51,70,80-81,83-84H,16,20,23-29H2,1-15H3,(H2,65,85)(H,69,90)(H,71,88)(H,72,87)(H,73,92)(H,74,93)(H,75,82)(H,76,86)(H,77,91)(H,78,94)(H,79,89)(H4,66,67,68);2*(H,6,7)/t34-,35-,36?,38+,39+,40-,41-,42-,44?,45-,46-,47-,48-,49+,50-,51+;;/m0../s1. The Morgan fingerprint density at radius 3 is 1.53 bits per heavy atom. The number of hydrogen-bond acceptors (Lipinski definition) is 21. The number of aliphatic hydroxyl groups is 4. The second kappa shape index (κ2) is 46.8. The van der Waals surface area contributed by atoms with Crippen molar-refractivity contribution in [3.8, 4) is 0 Å². The number of rotatable bonds is 25. The summed E-state index contributed by atoms with van der Waals surface area (Å²) in [6, 6.07) is -10.6. The van der Waals surface area contributed by atoms with Crippen LogP contribution in [0.25, 0.3) is 0 Å². The van der Waals surface area contributed by atoms with Crippen molar-refractivity contribution in [2.75, 3.05) is 19.7 Å². The Balaban J connectivity index is 0.00000768. The molecule has 1 aromatic carbocycles. The normalized spacial score (nSPS) is 22.8. The number of nitrogens with one attached hydrogen (secondary N) is 11. The first kappa shape index (κ1) is 100. The molecule has 1 aromatic rings. The molecule has 0 aromatic heterocycles. The highest BCUT2D eigenvalue weighted by atomic mass is 19.4. The highest BCUT2D eigenvalue weighted by Crippen LogP contribution is 2.26. The number of esters is 1. The zero-order chi connectivity index (χ0) is 85.4. The highest BCUT2D eigenvalue weighted by Gasteiger charge is 2.45. The number of alkyl halides is 6. The van der Waals surface area contributed by atoms with Crippen molar-refractivity contribution in [3.63, 3.8) is 0 Å². The summed E-state index contributed by atoms with van der Waals surface area (Å²) < 4.78 is 69.5. The number of primary amides is 1. The van der Waals surface area contributed by atoms with Crippen LogP contribution in [0.4, 0.5) is 26.3 Å². The largest absolute Gasteiger partial charge is 0.490 e. The minimum atomic E-state index is -5.08. The van der Waals surface area contributed by atoms with Crippen molar-refractivity contribution in [2.45, 2.75) is 246 Å². The summed E-state index contributed by atoms with van der Waals surface area (Å²) in [7, 11) is 0. The molecule has 1 heterocycles. The molecular weight excluding hydrogens is 1480 g/mol. The van der Waals surface area contributed by atoms with E-state index in [1.54, 1.807) is 47.6 Å². The first-order valence-electron chi connectivity index (χ1n) is 35.2. The Bertz CT molecular complexity index is 3240. The number of aliphatic imine (C=N–C) groups is 1. The molecule has 626 valence electrons. The molecule has 1 aliphatic heterocycles. The maximum absolute atomic E-state index is 15.6. The number of carboxylic acid groups (broad SMARTS) is 2. The summed E-state index contributed by atoms with van der Waals surface area (Å²) in [4.78, 5) is 194. The third kappa shape index (κ3) is 36.3. The highest BCUT2D eigenvalue weighted by molar-refractivity contribution is 6.00. The fourth-order valence-corrected chi connectivity index (χ4v) is 9.90. The Kier molecular flexibility index (Phi) is 42.8. The molecular formula is C68H111F6N15O21. The maximum Gasteiger partial charge on any atom is 0.490 e. The van der Waals surface area contributed by atoms with E-state index in [1.165, 1.54) is 38.1 Å². The Hall–Kier alpha value is -9.55. The first-order chi connectivity index (χ1) is 50.5. The topological polar surface area (TPSA) is 592 Å². The summed E-state index contributed by atoms with van der Waals surface area (Å²) in [5.41, 5.74) is 16.1. The zero-order valence-electron chi connectivity index (χ0n) is 64.1. The number of benzene rings is 1. The minimum Gasteiger partial charge on any atom is -0.475 e. The van der Waals surface area contributed by atoms with Gasteiger partial charge in [0.05, 0.1) is 31.4 Å². The number of ether oxygens (including phenoxy) is 1. The van der Waals surface area contributed by atoms with Gasteiger partial charge in [-0.25, -0.2) is 14.4 Å². The number of nitrogens with two attached hydrogens (primary N) is 3. The van der Waals surface area contributed by atoms with Gasteiger partial charge in [-0.3, -0.25) is 57.7 Å². The quantitative estimate of drug-likeness (QED) is 0.0164. The molecule has 2 rings (SSSR count). The van der Waals surface area contributed by atoms with Crippen LogP contribution in [0.2, 0.25) is 0 Å². The lowest BCUT2D eigenvalue weighted by molar-refractivity contribution is -0.193. The maximum atomic E-state index is 15.6. The van der Waals surface area contributed by atoms with E-state index in [0.717, 1.165) is 6.92 Å². The number of cyclic esters (lactones) is 1. The number of aliphatic carboxylic acids is 2. The van der Waals surface area contributed by atoms with Crippen molar-refractivity contribution < 1.29 is 129 Å². The number of amides is 11. The van der Waals surface area contributed by atoms with Crippen LogP contribution >= 0.6 is 0 Å². The van der Waals surface area contributed by atoms with Gasteiger partial charge in [-0.15, -0.1) is 0 Å². The molecule has 1 fully saturated rings. The van der Waals surface area contributed by atoms with E-state index in [9.17, 15) is 89.9 Å².